The van der Waals surface area contributed by atoms with Crippen molar-refractivity contribution in [2.24, 2.45) is 0 Å². The second-order valence-electron chi connectivity index (χ2n) is 6.84. The summed E-state index contributed by atoms with van der Waals surface area (Å²) in [5, 5.41) is 9.05. The Morgan fingerprint density at radius 3 is 2.57 bits per heavy atom. The van der Waals surface area contributed by atoms with Crippen LogP contribution < -0.4 is 0 Å². The Bertz CT molecular complexity index is 828. The standard InChI is InChI=1S/C20H20O2S/c1-11(7-15-5-6-19(23-15)20(21)22)16-10-18-14-4-3-13(9-14)17(18)8-12(16)2/h5-8,10,13-14H,3-4,9H2,1-2H3,(H,21,22). The zero-order chi connectivity index (χ0) is 16.1. The average molecular weight is 324 g/mol. The highest BCUT2D eigenvalue weighted by Gasteiger charge is 2.37. The average Bonchev–Trinajstić information content (AvgIpc) is 3.21. The van der Waals surface area contributed by atoms with Crippen LogP contribution in [0.15, 0.2) is 24.3 Å². The molecular formula is C20H20O2S. The smallest absolute Gasteiger partial charge is 0.345 e. The van der Waals surface area contributed by atoms with Gasteiger partial charge in [0.25, 0.3) is 0 Å². The monoisotopic (exact) mass is 324 g/mol. The number of hydrogen-bond donors (Lipinski definition) is 1. The number of aromatic carboxylic acids is 1. The largest absolute Gasteiger partial charge is 0.477 e. The van der Waals surface area contributed by atoms with Crippen LogP contribution in [0, 0.1) is 6.92 Å². The summed E-state index contributed by atoms with van der Waals surface area (Å²) in [6.45, 7) is 4.32. The molecule has 0 amide bonds. The fraction of sp³-hybridized carbons (Fsp3) is 0.350. The SMILES string of the molecule is CC(=Cc1ccc(C(=O)O)s1)c1cc2c(cc1C)C1CCC2C1. The van der Waals surface area contributed by atoms with E-state index in [-0.39, 0.29) is 0 Å². The highest BCUT2D eigenvalue weighted by atomic mass is 32.1. The Morgan fingerprint density at radius 1 is 1.22 bits per heavy atom. The first-order chi connectivity index (χ1) is 11.0. The van der Waals surface area contributed by atoms with Crippen LogP contribution in [0.1, 0.15) is 74.8 Å². The van der Waals surface area contributed by atoms with E-state index in [1.165, 1.54) is 47.3 Å². The Kier molecular flexibility index (Phi) is 3.42. The zero-order valence-corrected chi connectivity index (χ0v) is 14.2. The van der Waals surface area contributed by atoms with Crippen molar-refractivity contribution in [1.82, 2.24) is 0 Å². The lowest BCUT2D eigenvalue weighted by Gasteiger charge is -2.18. The molecule has 2 aliphatic rings. The first-order valence-corrected chi connectivity index (χ1v) is 9.01. The quantitative estimate of drug-likeness (QED) is 0.788. The molecule has 0 aliphatic heterocycles. The molecule has 2 unspecified atom stereocenters. The van der Waals surface area contributed by atoms with E-state index in [0.717, 1.165) is 16.7 Å². The Morgan fingerprint density at radius 2 is 1.91 bits per heavy atom. The van der Waals surface area contributed by atoms with Crippen LogP contribution in [-0.2, 0) is 0 Å². The van der Waals surface area contributed by atoms with Gasteiger partial charge in [-0.2, -0.15) is 0 Å². The molecule has 4 rings (SSSR count). The lowest BCUT2D eigenvalue weighted by molar-refractivity contribution is 0.0702. The molecule has 118 valence electrons. The van der Waals surface area contributed by atoms with Crippen LogP contribution in [0.4, 0.5) is 0 Å². The molecule has 1 heterocycles. The van der Waals surface area contributed by atoms with Crippen molar-refractivity contribution in [2.45, 2.75) is 44.9 Å². The van der Waals surface area contributed by atoms with Crippen LogP contribution in [0.25, 0.3) is 11.6 Å². The molecule has 3 heteroatoms. The second kappa shape index (κ2) is 5.34. The number of aryl methyl sites for hydroxylation is 1. The van der Waals surface area contributed by atoms with E-state index in [1.807, 2.05) is 6.07 Å². The highest BCUT2D eigenvalue weighted by Crippen LogP contribution is 2.53. The first kappa shape index (κ1) is 14.7. The number of hydrogen-bond acceptors (Lipinski definition) is 2. The maximum Gasteiger partial charge on any atom is 0.345 e. The van der Waals surface area contributed by atoms with Gasteiger partial charge in [-0.25, -0.2) is 4.79 Å². The minimum atomic E-state index is -0.850. The first-order valence-electron chi connectivity index (χ1n) is 8.19. The molecule has 2 aliphatic carbocycles. The van der Waals surface area contributed by atoms with Crippen LogP contribution >= 0.6 is 11.3 Å². The molecule has 2 atom stereocenters. The highest BCUT2D eigenvalue weighted by molar-refractivity contribution is 7.14. The molecule has 1 N–H and O–H groups in total. The van der Waals surface area contributed by atoms with Crippen LogP contribution in [0.2, 0.25) is 0 Å². The van der Waals surface area contributed by atoms with Crippen molar-refractivity contribution < 1.29 is 9.90 Å². The molecule has 0 spiro atoms. The van der Waals surface area contributed by atoms with Crippen molar-refractivity contribution in [3.63, 3.8) is 0 Å². The summed E-state index contributed by atoms with van der Waals surface area (Å²) in [7, 11) is 0. The van der Waals surface area contributed by atoms with Gasteiger partial charge in [-0.3, -0.25) is 0 Å². The van der Waals surface area contributed by atoms with E-state index in [2.05, 4.69) is 32.1 Å². The van der Waals surface area contributed by atoms with Crippen molar-refractivity contribution in [2.75, 3.05) is 0 Å². The van der Waals surface area contributed by atoms with Gasteiger partial charge in [-0.1, -0.05) is 12.1 Å². The summed E-state index contributed by atoms with van der Waals surface area (Å²) in [6.07, 6.45) is 6.15. The van der Waals surface area contributed by atoms with Gasteiger partial charge < -0.3 is 5.11 Å². The number of allylic oxidation sites excluding steroid dienone is 1. The molecule has 2 aromatic rings. The fourth-order valence-electron chi connectivity index (χ4n) is 4.26. The van der Waals surface area contributed by atoms with E-state index >= 15 is 0 Å². The number of rotatable bonds is 3. The second-order valence-corrected chi connectivity index (χ2v) is 7.95. The molecule has 2 bridgehead atoms. The summed E-state index contributed by atoms with van der Waals surface area (Å²) in [5.41, 5.74) is 7.00. The molecule has 1 aromatic heterocycles. The maximum absolute atomic E-state index is 11.0. The molecule has 1 fully saturated rings. The molecular weight excluding hydrogens is 304 g/mol. The van der Waals surface area contributed by atoms with E-state index in [1.54, 1.807) is 17.2 Å². The third kappa shape index (κ3) is 2.43. The summed E-state index contributed by atoms with van der Waals surface area (Å²) < 4.78 is 0. The molecule has 2 nitrogen and oxygen atoms in total. The fourth-order valence-corrected chi connectivity index (χ4v) is 5.11. The van der Waals surface area contributed by atoms with Crippen molar-refractivity contribution in [3.8, 4) is 0 Å². The number of carboxylic acids is 1. The molecule has 0 saturated heterocycles. The topological polar surface area (TPSA) is 37.3 Å². The summed E-state index contributed by atoms with van der Waals surface area (Å²) >= 11 is 1.33. The van der Waals surface area contributed by atoms with E-state index in [4.69, 9.17) is 5.11 Å². The van der Waals surface area contributed by atoms with Crippen molar-refractivity contribution >= 4 is 29.0 Å². The van der Waals surface area contributed by atoms with Gasteiger partial charge in [0.05, 0.1) is 0 Å². The number of carboxylic acid groups (broad SMARTS) is 1. The molecule has 1 saturated carbocycles. The van der Waals surface area contributed by atoms with Gasteiger partial charge >= 0.3 is 5.97 Å². The number of carbonyl (C=O) groups is 1. The van der Waals surface area contributed by atoms with Gasteiger partial charge in [-0.05, 0) is 91.0 Å². The van der Waals surface area contributed by atoms with E-state index in [9.17, 15) is 4.79 Å². The van der Waals surface area contributed by atoms with Gasteiger partial charge in [-0.15, -0.1) is 11.3 Å². The summed E-state index contributed by atoms with van der Waals surface area (Å²) in [4.78, 5) is 12.4. The third-order valence-electron chi connectivity index (χ3n) is 5.36. The predicted octanol–water partition coefficient (Wildman–Crippen LogP) is 5.68. The maximum atomic E-state index is 11.0. The lowest BCUT2D eigenvalue weighted by atomic mass is 9.87. The van der Waals surface area contributed by atoms with Gasteiger partial charge in [0.2, 0.25) is 0 Å². The minimum absolute atomic E-state index is 0.395. The summed E-state index contributed by atoms with van der Waals surface area (Å²) in [5.74, 6) is 0.710. The predicted molar refractivity (Wildman–Crippen MR) is 95.3 cm³/mol. The lowest BCUT2D eigenvalue weighted by Crippen LogP contribution is -2.00. The van der Waals surface area contributed by atoms with E-state index < -0.39 is 5.97 Å². The number of thiophene rings is 1. The molecule has 23 heavy (non-hydrogen) atoms. The zero-order valence-electron chi connectivity index (χ0n) is 13.4. The van der Waals surface area contributed by atoms with Gasteiger partial charge in [0.15, 0.2) is 0 Å². The van der Waals surface area contributed by atoms with Crippen molar-refractivity contribution in [1.29, 1.82) is 0 Å². The van der Waals surface area contributed by atoms with Crippen LogP contribution in [0.5, 0.6) is 0 Å². The molecule has 0 radical (unpaired) electrons. The molecule has 1 aromatic carbocycles. The Balaban J connectivity index is 1.71. The Labute approximate surface area is 140 Å². The van der Waals surface area contributed by atoms with Crippen molar-refractivity contribution in [3.05, 3.63) is 56.3 Å². The number of benzene rings is 1. The van der Waals surface area contributed by atoms with E-state index in [0.29, 0.717) is 4.88 Å². The normalized spacial score (nSPS) is 22.4. The van der Waals surface area contributed by atoms with Gasteiger partial charge in [0.1, 0.15) is 4.88 Å². The summed E-state index contributed by atoms with van der Waals surface area (Å²) in [6, 6.07) is 8.36. The van der Waals surface area contributed by atoms with Crippen LogP contribution in [0.3, 0.4) is 0 Å². The number of fused-ring (bicyclic) bond motifs is 5. The van der Waals surface area contributed by atoms with Crippen LogP contribution in [-0.4, -0.2) is 11.1 Å². The van der Waals surface area contributed by atoms with Gasteiger partial charge in [0, 0.05) is 4.88 Å². The third-order valence-corrected chi connectivity index (χ3v) is 6.38. The minimum Gasteiger partial charge on any atom is -0.477 e. The Hall–Kier alpha value is -1.87.